The molecule has 2 rings (SSSR count). The van der Waals surface area contributed by atoms with Gasteiger partial charge in [0.15, 0.2) is 17.8 Å². The Morgan fingerprint density at radius 1 is 1.21 bits per heavy atom. The summed E-state index contributed by atoms with van der Waals surface area (Å²) in [7, 11) is 2.74. The van der Waals surface area contributed by atoms with Crippen LogP contribution in [0.15, 0.2) is 24.3 Å². The molecule has 0 aliphatic carbocycles. The molecule has 2 aromatic carbocycles. The highest BCUT2D eigenvalue weighted by Gasteiger charge is 2.27. The zero-order valence-electron chi connectivity index (χ0n) is 13.6. The third-order valence-corrected chi connectivity index (χ3v) is 3.52. The number of benzene rings is 2. The first-order valence-electron chi connectivity index (χ1n) is 7.22. The van der Waals surface area contributed by atoms with Crippen molar-refractivity contribution in [1.82, 2.24) is 0 Å². The number of phenolic OH excluding ortho intramolecular Hbond substituents is 1. The van der Waals surface area contributed by atoms with Crippen molar-refractivity contribution in [2.24, 2.45) is 0 Å². The van der Waals surface area contributed by atoms with Gasteiger partial charge in [-0.15, -0.1) is 0 Å². The Balaban J connectivity index is 2.97. The van der Waals surface area contributed by atoms with Crippen LogP contribution < -0.4 is 14.2 Å². The van der Waals surface area contributed by atoms with Crippen molar-refractivity contribution in [1.29, 1.82) is 5.26 Å². The largest absolute Gasteiger partial charge is 0.503 e. The molecule has 0 atom stereocenters. The van der Waals surface area contributed by atoms with Crippen LogP contribution in [0.2, 0.25) is 0 Å². The summed E-state index contributed by atoms with van der Waals surface area (Å²) in [4.78, 5) is 11.7. The predicted molar refractivity (Wildman–Crippen MR) is 87.9 cm³/mol. The molecular weight excluding hydrogens is 310 g/mol. The number of aromatic hydroxyl groups is 1. The second-order valence-corrected chi connectivity index (χ2v) is 4.74. The van der Waals surface area contributed by atoms with E-state index in [2.05, 4.69) is 0 Å². The summed E-state index contributed by atoms with van der Waals surface area (Å²) < 4.78 is 16.2. The molecule has 0 unspecified atom stereocenters. The zero-order chi connectivity index (χ0) is 17.7. The van der Waals surface area contributed by atoms with Gasteiger partial charge in [0.1, 0.15) is 17.4 Å². The molecule has 0 aliphatic rings. The Bertz CT molecular complexity index is 808. The highest BCUT2D eigenvalue weighted by Crippen LogP contribution is 2.50. The molecule has 0 aliphatic heterocycles. The second-order valence-electron chi connectivity index (χ2n) is 4.74. The van der Waals surface area contributed by atoms with Crippen molar-refractivity contribution < 1.29 is 24.1 Å². The summed E-state index contributed by atoms with van der Waals surface area (Å²) in [6, 6.07) is 8.91. The van der Waals surface area contributed by atoms with Crippen molar-refractivity contribution in [2.45, 2.75) is 6.92 Å². The van der Waals surface area contributed by atoms with Crippen LogP contribution >= 0.6 is 0 Å². The highest BCUT2D eigenvalue weighted by molar-refractivity contribution is 5.98. The molecule has 24 heavy (non-hydrogen) atoms. The molecule has 0 saturated heterocycles. The minimum atomic E-state index is -0.434. The smallest absolute Gasteiger partial charge is 0.205 e. The van der Waals surface area contributed by atoms with Crippen molar-refractivity contribution in [3.05, 3.63) is 35.4 Å². The number of nitrogens with zero attached hydrogens (tertiary/aromatic N) is 1. The number of hydrogen-bond donors (Lipinski definition) is 1. The lowest BCUT2D eigenvalue weighted by atomic mass is 9.93. The summed E-state index contributed by atoms with van der Waals surface area (Å²) in [5, 5.41) is 19.6. The van der Waals surface area contributed by atoms with Gasteiger partial charge < -0.3 is 19.3 Å². The molecule has 0 fully saturated rings. The summed E-state index contributed by atoms with van der Waals surface area (Å²) in [5.41, 5.74) is 0.736. The molecule has 124 valence electrons. The fourth-order valence-electron chi connectivity index (χ4n) is 2.55. The fraction of sp³-hybridized carbons (Fsp3) is 0.222. The normalized spacial score (nSPS) is 9.92. The highest BCUT2D eigenvalue weighted by atomic mass is 16.5. The lowest BCUT2D eigenvalue weighted by molar-refractivity contribution is 0.112. The number of methoxy groups -OCH3 is 2. The maximum atomic E-state index is 11.7. The lowest BCUT2D eigenvalue weighted by Crippen LogP contribution is -2.03. The topological polar surface area (TPSA) is 88.8 Å². The van der Waals surface area contributed by atoms with Crippen LogP contribution in [0, 0.1) is 11.3 Å². The van der Waals surface area contributed by atoms with Crippen LogP contribution in [0.1, 0.15) is 22.8 Å². The molecule has 0 aromatic heterocycles. The van der Waals surface area contributed by atoms with Crippen LogP contribution in [0.3, 0.4) is 0 Å². The first-order chi connectivity index (χ1) is 11.6. The fourth-order valence-corrected chi connectivity index (χ4v) is 2.55. The van der Waals surface area contributed by atoms with Gasteiger partial charge in [-0.05, 0) is 13.0 Å². The molecule has 6 nitrogen and oxygen atoms in total. The number of para-hydroxylation sites is 1. The van der Waals surface area contributed by atoms with E-state index in [4.69, 9.17) is 14.2 Å². The van der Waals surface area contributed by atoms with E-state index < -0.39 is 5.75 Å². The van der Waals surface area contributed by atoms with E-state index in [0.29, 0.717) is 29.8 Å². The van der Waals surface area contributed by atoms with Crippen LogP contribution in [-0.2, 0) is 0 Å². The average molecular weight is 327 g/mol. The number of nitriles is 1. The molecule has 1 N–H and O–H groups in total. The van der Waals surface area contributed by atoms with E-state index in [1.807, 2.05) is 13.0 Å². The molecular formula is C18H17NO5. The molecule has 0 spiro atoms. The van der Waals surface area contributed by atoms with Crippen molar-refractivity contribution >= 4 is 6.29 Å². The van der Waals surface area contributed by atoms with E-state index in [9.17, 15) is 15.2 Å². The molecule has 0 saturated carbocycles. The zero-order valence-corrected chi connectivity index (χ0v) is 13.6. The summed E-state index contributed by atoms with van der Waals surface area (Å²) in [6.45, 7) is 2.27. The average Bonchev–Trinajstić information content (AvgIpc) is 2.61. The quantitative estimate of drug-likeness (QED) is 0.820. The third kappa shape index (κ3) is 2.72. The van der Waals surface area contributed by atoms with Gasteiger partial charge in [-0.25, -0.2) is 0 Å². The van der Waals surface area contributed by atoms with E-state index in [0.717, 1.165) is 0 Å². The van der Waals surface area contributed by atoms with Crippen LogP contribution in [0.4, 0.5) is 0 Å². The van der Waals surface area contributed by atoms with E-state index >= 15 is 0 Å². The number of phenols is 1. The van der Waals surface area contributed by atoms with Gasteiger partial charge in [-0.2, -0.15) is 5.26 Å². The number of carbonyl (C=O) groups is 1. The Morgan fingerprint density at radius 3 is 2.42 bits per heavy atom. The van der Waals surface area contributed by atoms with E-state index in [1.165, 1.54) is 14.2 Å². The van der Waals surface area contributed by atoms with Gasteiger partial charge >= 0.3 is 0 Å². The Morgan fingerprint density at radius 2 is 1.88 bits per heavy atom. The van der Waals surface area contributed by atoms with Crippen molar-refractivity contribution in [2.75, 3.05) is 20.8 Å². The van der Waals surface area contributed by atoms with Gasteiger partial charge in [0.2, 0.25) is 5.75 Å². The number of aldehydes is 1. The van der Waals surface area contributed by atoms with Crippen LogP contribution in [-0.4, -0.2) is 32.2 Å². The first kappa shape index (κ1) is 17.2. The minimum absolute atomic E-state index is 0.0130. The van der Waals surface area contributed by atoms with Gasteiger partial charge in [0.25, 0.3) is 0 Å². The Labute approximate surface area is 139 Å². The maximum absolute atomic E-state index is 11.7. The first-order valence-corrected chi connectivity index (χ1v) is 7.22. The Kier molecular flexibility index (Phi) is 5.27. The number of hydrogen-bond acceptors (Lipinski definition) is 6. The standard InChI is InChI=1S/C18H17NO5/c1-4-24-14-8-6-5-7-11(14)15-13(10-20)12(9-19)16(21)18(23-3)17(15)22-2/h5-8,10,21H,4H2,1-3H3. The van der Waals surface area contributed by atoms with E-state index in [-0.39, 0.29) is 22.6 Å². The summed E-state index contributed by atoms with van der Waals surface area (Å²) in [6.07, 6.45) is 0.512. The van der Waals surface area contributed by atoms with Gasteiger partial charge in [-0.3, -0.25) is 4.79 Å². The predicted octanol–water partition coefficient (Wildman–Crippen LogP) is 3.16. The SMILES string of the molecule is CCOc1ccccc1-c1c(C=O)c(C#N)c(O)c(OC)c1OC. The minimum Gasteiger partial charge on any atom is -0.503 e. The molecule has 0 heterocycles. The van der Waals surface area contributed by atoms with Gasteiger partial charge in [0, 0.05) is 16.7 Å². The monoisotopic (exact) mass is 327 g/mol. The molecule has 0 amide bonds. The second kappa shape index (κ2) is 7.38. The summed E-state index contributed by atoms with van der Waals surface area (Å²) in [5.74, 6) is 0.235. The number of ether oxygens (including phenoxy) is 3. The van der Waals surface area contributed by atoms with Crippen molar-refractivity contribution in [3.8, 4) is 40.2 Å². The molecule has 0 bridgehead atoms. The third-order valence-electron chi connectivity index (χ3n) is 3.52. The molecule has 6 heteroatoms. The van der Waals surface area contributed by atoms with Gasteiger partial charge in [0.05, 0.1) is 20.8 Å². The van der Waals surface area contributed by atoms with Crippen LogP contribution in [0.5, 0.6) is 23.0 Å². The Hall–Kier alpha value is -3.20. The number of rotatable bonds is 6. The van der Waals surface area contributed by atoms with E-state index in [1.54, 1.807) is 24.3 Å². The molecule has 2 aromatic rings. The molecule has 0 radical (unpaired) electrons. The summed E-state index contributed by atoms with van der Waals surface area (Å²) >= 11 is 0. The number of carbonyl (C=O) groups excluding carboxylic acids is 1. The van der Waals surface area contributed by atoms with Crippen LogP contribution in [0.25, 0.3) is 11.1 Å². The lowest BCUT2D eigenvalue weighted by Gasteiger charge is -2.19. The maximum Gasteiger partial charge on any atom is 0.205 e. The van der Waals surface area contributed by atoms with Crippen molar-refractivity contribution in [3.63, 3.8) is 0 Å². The van der Waals surface area contributed by atoms with Gasteiger partial charge in [-0.1, -0.05) is 18.2 Å².